The highest BCUT2D eigenvalue weighted by atomic mass is 16.4. The van der Waals surface area contributed by atoms with Crippen molar-refractivity contribution in [2.45, 2.75) is 32.7 Å². The second-order valence-electron chi connectivity index (χ2n) is 4.98. The summed E-state index contributed by atoms with van der Waals surface area (Å²) in [5.41, 5.74) is -0.0656. The van der Waals surface area contributed by atoms with Crippen LogP contribution in [-0.2, 0) is 4.79 Å². The molecule has 0 saturated carbocycles. The third kappa shape index (κ3) is 2.74. The molecule has 0 aliphatic carbocycles. The number of hydrogen-bond donors (Lipinski definition) is 1. The van der Waals surface area contributed by atoms with Gasteiger partial charge in [-0.1, -0.05) is 25.5 Å². The number of rotatable bonds is 5. The molecule has 0 bridgehead atoms. The highest BCUT2D eigenvalue weighted by Crippen LogP contribution is 2.23. The molecule has 0 spiro atoms. The van der Waals surface area contributed by atoms with E-state index < -0.39 is 5.97 Å². The van der Waals surface area contributed by atoms with E-state index in [0.29, 0.717) is 13.1 Å². The van der Waals surface area contributed by atoms with Crippen LogP contribution >= 0.6 is 0 Å². The van der Waals surface area contributed by atoms with Crippen molar-refractivity contribution in [2.75, 3.05) is 13.1 Å². The first-order valence-electron chi connectivity index (χ1n) is 6.46. The summed E-state index contributed by atoms with van der Waals surface area (Å²) in [6, 6.07) is 0.0402. The van der Waals surface area contributed by atoms with Crippen LogP contribution in [0.1, 0.15) is 43.2 Å². The molecule has 0 radical (unpaired) electrons. The van der Waals surface area contributed by atoms with Crippen molar-refractivity contribution in [3.05, 3.63) is 11.9 Å². The van der Waals surface area contributed by atoms with Gasteiger partial charge in [0.05, 0.1) is 12.2 Å². The number of amides is 1. The van der Waals surface area contributed by atoms with Crippen molar-refractivity contribution >= 4 is 11.9 Å². The Labute approximate surface area is 111 Å². The van der Waals surface area contributed by atoms with Crippen molar-refractivity contribution in [2.24, 2.45) is 5.92 Å². The van der Waals surface area contributed by atoms with E-state index in [1.54, 1.807) is 4.90 Å². The Bertz CT molecular complexity index is 479. The minimum absolute atomic E-state index is 0.0402. The average Bonchev–Trinajstić information content (AvgIpc) is 2.76. The molecule has 1 amide bonds. The molecule has 1 fully saturated rings. The van der Waals surface area contributed by atoms with E-state index in [1.165, 1.54) is 10.9 Å². The van der Waals surface area contributed by atoms with Gasteiger partial charge in [0.1, 0.15) is 0 Å². The minimum atomic E-state index is -1.09. The Hall–Kier alpha value is -1.92. The SMILES string of the molecule is CCCC(C)C(=O)N1CC(n2cc(C(=O)O)nn2)C1. The van der Waals surface area contributed by atoms with Gasteiger partial charge in [-0.3, -0.25) is 4.79 Å². The largest absolute Gasteiger partial charge is 0.476 e. The number of carboxylic acid groups (broad SMARTS) is 1. The van der Waals surface area contributed by atoms with Crippen molar-refractivity contribution in [1.82, 2.24) is 19.9 Å². The lowest BCUT2D eigenvalue weighted by atomic mass is 10.0. The molecule has 2 heterocycles. The van der Waals surface area contributed by atoms with Crippen LogP contribution in [-0.4, -0.2) is 50.0 Å². The summed E-state index contributed by atoms with van der Waals surface area (Å²) >= 11 is 0. The highest BCUT2D eigenvalue weighted by Gasteiger charge is 2.34. The molecule has 1 N–H and O–H groups in total. The molecule has 7 heteroatoms. The maximum absolute atomic E-state index is 12.0. The topological polar surface area (TPSA) is 88.3 Å². The fraction of sp³-hybridized carbons (Fsp3) is 0.667. The molecule has 1 unspecified atom stereocenters. The van der Waals surface area contributed by atoms with Gasteiger partial charge in [-0.2, -0.15) is 0 Å². The van der Waals surface area contributed by atoms with Crippen molar-refractivity contribution in [3.63, 3.8) is 0 Å². The molecular weight excluding hydrogens is 248 g/mol. The molecule has 19 heavy (non-hydrogen) atoms. The summed E-state index contributed by atoms with van der Waals surface area (Å²) in [5.74, 6) is -0.872. The lowest BCUT2D eigenvalue weighted by molar-refractivity contribution is -0.141. The number of carbonyl (C=O) groups excluding carboxylic acids is 1. The molecule has 1 aromatic rings. The zero-order valence-electron chi connectivity index (χ0n) is 11.1. The molecule has 1 aliphatic rings. The Morgan fingerprint density at radius 1 is 1.53 bits per heavy atom. The summed E-state index contributed by atoms with van der Waals surface area (Å²) < 4.78 is 1.53. The average molecular weight is 266 g/mol. The van der Waals surface area contributed by atoms with Crippen LogP contribution in [0.4, 0.5) is 0 Å². The quantitative estimate of drug-likeness (QED) is 0.851. The molecule has 104 valence electrons. The van der Waals surface area contributed by atoms with Crippen LogP contribution in [0, 0.1) is 5.92 Å². The zero-order valence-corrected chi connectivity index (χ0v) is 11.1. The Morgan fingerprint density at radius 2 is 2.21 bits per heavy atom. The molecule has 0 aromatic carbocycles. The Balaban J connectivity index is 1.88. The number of aromatic carboxylic acids is 1. The number of aromatic nitrogens is 3. The molecule has 1 aromatic heterocycles. The van der Waals surface area contributed by atoms with Crippen molar-refractivity contribution < 1.29 is 14.7 Å². The number of nitrogens with zero attached hydrogens (tertiary/aromatic N) is 4. The Kier molecular flexibility index (Phi) is 3.82. The zero-order chi connectivity index (χ0) is 14.0. The lowest BCUT2D eigenvalue weighted by Gasteiger charge is -2.40. The van der Waals surface area contributed by atoms with Gasteiger partial charge in [-0.05, 0) is 6.42 Å². The van der Waals surface area contributed by atoms with E-state index in [2.05, 4.69) is 17.2 Å². The summed E-state index contributed by atoms with van der Waals surface area (Å²) in [7, 11) is 0. The fourth-order valence-corrected chi connectivity index (χ4v) is 2.22. The first-order chi connectivity index (χ1) is 9.02. The predicted molar refractivity (Wildman–Crippen MR) is 66.7 cm³/mol. The minimum Gasteiger partial charge on any atom is -0.476 e. The van der Waals surface area contributed by atoms with E-state index >= 15 is 0 Å². The van der Waals surface area contributed by atoms with Crippen LogP contribution in [0.2, 0.25) is 0 Å². The van der Waals surface area contributed by atoms with E-state index in [4.69, 9.17) is 5.11 Å². The van der Waals surface area contributed by atoms with Gasteiger partial charge < -0.3 is 10.0 Å². The van der Waals surface area contributed by atoms with Crippen LogP contribution < -0.4 is 0 Å². The molecule has 1 aliphatic heterocycles. The van der Waals surface area contributed by atoms with E-state index in [0.717, 1.165) is 12.8 Å². The highest BCUT2D eigenvalue weighted by molar-refractivity contribution is 5.84. The second-order valence-corrected chi connectivity index (χ2v) is 4.98. The van der Waals surface area contributed by atoms with Gasteiger partial charge in [0.2, 0.25) is 5.91 Å². The first kappa shape index (κ1) is 13.5. The van der Waals surface area contributed by atoms with Crippen LogP contribution in [0.15, 0.2) is 6.20 Å². The van der Waals surface area contributed by atoms with Crippen LogP contribution in [0.5, 0.6) is 0 Å². The first-order valence-corrected chi connectivity index (χ1v) is 6.46. The molecule has 2 rings (SSSR count). The maximum Gasteiger partial charge on any atom is 0.358 e. The van der Waals surface area contributed by atoms with Crippen LogP contribution in [0.3, 0.4) is 0 Å². The van der Waals surface area contributed by atoms with E-state index in [-0.39, 0.29) is 23.6 Å². The molecule has 1 saturated heterocycles. The van der Waals surface area contributed by atoms with Gasteiger partial charge in [0.25, 0.3) is 0 Å². The summed E-state index contributed by atoms with van der Waals surface area (Å²) in [6.45, 7) is 5.16. The van der Waals surface area contributed by atoms with Crippen LogP contribution in [0.25, 0.3) is 0 Å². The van der Waals surface area contributed by atoms with Gasteiger partial charge in [0.15, 0.2) is 5.69 Å². The summed E-state index contributed by atoms with van der Waals surface area (Å²) in [5, 5.41) is 16.1. The van der Waals surface area contributed by atoms with Crippen molar-refractivity contribution in [1.29, 1.82) is 0 Å². The lowest BCUT2D eigenvalue weighted by Crippen LogP contribution is -2.52. The van der Waals surface area contributed by atoms with Crippen molar-refractivity contribution in [3.8, 4) is 0 Å². The second kappa shape index (κ2) is 5.38. The maximum atomic E-state index is 12.0. The molecule has 7 nitrogen and oxygen atoms in total. The number of hydrogen-bond acceptors (Lipinski definition) is 4. The van der Waals surface area contributed by atoms with Gasteiger partial charge in [0, 0.05) is 19.0 Å². The van der Waals surface area contributed by atoms with Gasteiger partial charge >= 0.3 is 5.97 Å². The van der Waals surface area contributed by atoms with Gasteiger partial charge in [-0.15, -0.1) is 5.10 Å². The molecule has 1 atom stereocenters. The number of carboxylic acids is 1. The normalized spacial score (nSPS) is 17.1. The molecular formula is C12H18N4O3. The smallest absolute Gasteiger partial charge is 0.358 e. The summed E-state index contributed by atoms with van der Waals surface area (Å²) in [6.07, 6.45) is 3.30. The van der Waals surface area contributed by atoms with E-state index in [9.17, 15) is 9.59 Å². The monoisotopic (exact) mass is 266 g/mol. The number of likely N-dealkylation sites (tertiary alicyclic amines) is 1. The fourth-order valence-electron chi connectivity index (χ4n) is 2.22. The number of carbonyl (C=O) groups is 2. The van der Waals surface area contributed by atoms with Gasteiger partial charge in [-0.25, -0.2) is 9.48 Å². The predicted octanol–water partition coefficient (Wildman–Crippen LogP) is 0.796. The van der Waals surface area contributed by atoms with E-state index in [1.807, 2.05) is 6.92 Å². The standard InChI is InChI=1S/C12H18N4O3/c1-3-4-8(2)11(17)15-5-9(6-15)16-7-10(12(18)19)13-14-16/h7-9H,3-6H2,1-2H3,(H,18,19). The summed E-state index contributed by atoms with van der Waals surface area (Å²) in [4.78, 5) is 24.5. The Morgan fingerprint density at radius 3 is 2.74 bits per heavy atom. The third-order valence-corrected chi connectivity index (χ3v) is 3.42. The third-order valence-electron chi connectivity index (χ3n) is 3.42.